The molecule has 0 aromatic carbocycles. The summed E-state index contributed by atoms with van der Waals surface area (Å²) in [5, 5.41) is 0. The van der Waals surface area contributed by atoms with E-state index in [4.69, 9.17) is 9.47 Å². The van der Waals surface area contributed by atoms with Crippen molar-refractivity contribution in [2.45, 2.75) is 25.0 Å². The van der Waals surface area contributed by atoms with E-state index in [1.165, 1.54) is 3.58 Å². The molecule has 0 aromatic heterocycles. The van der Waals surface area contributed by atoms with Crippen molar-refractivity contribution >= 4 is 22.6 Å². The first kappa shape index (κ1) is 8.01. The van der Waals surface area contributed by atoms with Crippen LogP contribution < -0.4 is 0 Å². The van der Waals surface area contributed by atoms with Crippen LogP contribution in [-0.4, -0.2) is 19.0 Å². The molecular formula is C8H11IO2. The summed E-state index contributed by atoms with van der Waals surface area (Å²) in [5.74, 6) is -0.228. The molecule has 0 radical (unpaired) electrons. The summed E-state index contributed by atoms with van der Waals surface area (Å²) < 4.78 is 12.6. The number of hydrogen-bond acceptors (Lipinski definition) is 2. The molecule has 1 aliphatic heterocycles. The summed E-state index contributed by atoms with van der Waals surface area (Å²) in [4.78, 5) is 0. The molecule has 62 valence electrons. The lowest BCUT2D eigenvalue weighted by Gasteiger charge is -2.29. The van der Waals surface area contributed by atoms with Gasteiger partial charge in [0.2, 0.25) is 0 Å². The number of allylic oxidation sites excluding steroid dienone is 1. The van der Waals surface area contributed by atoms with Gasteiger partial charge in [-0.25, -0.2) is 0 Å². The minimum absolute atomic E-state index is 0.228. The fourth-order valence-corrected chi connectivity index (χ4v) is 2.03. The molecule has 1 heterocycles. The molecule has 0 saturated carbocycles. The van der Waals surface area contributed by atoms with Crippen molar-refractivity contribution in [1.82, 2.24) is 0 Å². The maximum absolute atomic E-state index is 5.56. The lowest BCUT2D eigenvalue weighted by Crippen LogP contribution is -2.31. The second-order valence-electron chi connectivity index (χ2n) is 2.96. The zero-order valence-electron chi connectivity index (χ0n) is 6.31. The van der Waals surface area contributed by atoms with E-state index >= 15 is 0 Å². The van der Waals surface area contributed by atoms with Crippen molar-refractivity contribution in [2.24, 2.45) is 0 Å². The van der Waals surface area contributed by atoms with Crippen LogP contribution in [-0.2, 0) is 9.47 Å². The lowest BCUT2D eigenvalue weighted by atomic mass is 10.0. The van der Waals surface area contributed by atoms with Crippen LogP contribution in [0.4, 0.5) is 0 Å². The molecule has 0 aromatic rings. The zero-order chi connectivity index (χ0) is 7.73. The molecule has 3 heteroatoms. The van der Waals surface area contributed by atoms with E-state index < -0.39 is 0 Å². The quantitative estimate of drug-likeness (QED) is 0.626. The van der Waals surface area contributed by atoms with Gasteiger partial charge in [0.1, 0.15) is 0 Å². The van der Waals surface area contributed by atoms with Gasteiger partial charge in [0.15, 0.2) is 5.79 Å². The molecular weight excluding hydrogens is 255 g/mol. The maximum Gasteiger partial charge on any atom is 0.172 e. The van der Waals surface area contributed by atoms with E-state index in [0.29, 0.717) is 0 Å². The van der Waals surface area contributed by atoms with E-state index in [1.807, 2.05) is 0 Å². The normalized spacial score (nSPS) is 29.0. The Balaban J connectivity index is 2.06. The van der Waals surface area contributed by atoms with Gasteiger partial charge >= 0.3 is 0 Å². The fourth-order valence-electron chi connectivity index (χ4n) is 1.54. The third-order valence-electron chi connectivity index (χ3n) is 2.19. The molecule has 0 unspecified atom stereocenters. The minimum atomic E-state index is -0.228. The first-order chi connectivity index (χ1) is 5.31. The van der Waals surface area contributed by atoms with Crippen LogP contribution in [0.15, 0.2) is 9.66 Å². The Morgan fingerprint density at radius 1 is 1.36 bits per heavy atom. The summed E-state index contributed by atoms with van der Waals surface area (Å²) >= 11 is 2.38. The third kappa shape index (κ3) is 1.60. The second-order valence-corrected chi connectivity index (χ2v) is 4.35. The number of ether oxygens (including phenoxy) is 2. The molecule has 1 spiro atoms. The van der Waals surface area contributed by atoms with E-state index in [0.717, 1.165) is 32.5 Å². The summed E-state index contributed by atoms with van der Waals surface area (Å²) in [6.45, 7) is 1.54. The standard InChI is InChI=1S/C8H11IO2/c9-7-1-3-8(4-2-7)10-5-6-11-8/h1H,2-6H2. The average Bonchev–Trinajstić information content (AvgIpc) is 2.45. The monoisotopic (exact) mass is 266 g/mol. The minimum Gasteiger partial charge on any atom is -0.347 e. The van der Waals surface area contributed by atoms with Gasteiger partial charge < -0.3 is 9.47 Å². The van der Waals surface area contributed by atoms with Gasteiger partial charge in [0.25, 0.3) is 0 Å². The summed E-state index contributed by atoms with van der Waals surface area (Å²) in [6.07, 6.45) is 5.29. The molecule has 0 atom stereocenters. The molecule has 0 N–H and O–H groups in total. The molecule has 0 amide bonds. The van der Waals surface area contributed by atoms with Gasteiger partial charge in [-0.05, 0) is 32.6 Å². The predicted octanol–water partition coefficient (Wildman–Crippen LogP) is 2.23. The summed E-state index contributed by atoms with van der Waals surface area (Å²) in [5.41, 5.74) is 0. The molecule has 2 rings (SSSR count). The zero-order valence-corrected chi connectivity index (χ0v) is 8.46. The van der Waals surface area contributed by atoms with Gasteiger partial charge in [-0.3, -0.25) is 0 Å². The highest BCUT2D eigenvalue weighted by Crippen LogP contribution is 2.36. The first-order valence-corrected chi connectivity index (χ1v) is 5.01. The van der Waals surface area contributed by atoms with Crippen LogP contribution in [0.2, 0.25) is 0 Å². The van der Waals surface area contributed by atoms with Gasteiger partial charge in [0.05, 0.1) is 13.2 Å². The topological polar surface area (TPSA) is 18.5 Å². The van der Waals surface area contributed by atoms with Gasteiger partial charge in [-0.1, -0.05) is 6.08 Å². The molecule has 1 aliphatic carbocycles. The second kappa shape index (κ2) is 3.03. The van der Waals surface area contributed by atoms with E-state index in [9.17, 15) is 0 Å². The third-order valence-corrected chi connectivity index (χ3v) is 3.17. The Bertz CT molecular complexity index is 183. The Morgan fingerprint density at radius 3 is 2.64 bits per heavy atom. The van der Waals surface area contributed by atoms with Crippen LogP contribution in [0.5, 0.6) is 0 Å². The van der Waals surface area contributed by atoms with Crippen LogP contribution in [0.25, 0.3) is 0 Å². The highest BCUT2D eigenvalue weighted by molar-refractivity contribution is 14.1. The first-order valence-electron chi connectivity index (χ1n) is 3.93. The number of halogens is 1. The molecule has 2 nitrogen and oxygen atoms in total. The van der Waals surface area contributed by atoms with Gasteiger partial charge in [0, 0.05) is 12.8 Å². The largest absolute Gasteiger partial charge is 0.347 e. The number of hydrogen-bond donors (Lipinski definition) is 0. The highest BCUT2D eigenvalue weighted by Gasteiger charge is 2.36. The van der Waals surface area contributed by atoms with Crippen LogP contribution in [0.1, 0.15) is 19.3 Å². The van der Waals surface area contributed by atoms with Crippen molar-refractivity contribution in [3.05, 3.63) is 9.66 Å². The van der Waals surface area contributed by atoms with E-state index in [2.05, 4.69) is 28.7 Å². The smallest absolute Gasteiger partial charge is 0.172 e. The Hall–Kier alpha value is 0.390. The Labute approximate surface area is 80.1 Å². The van der Waals surface area contributed by atoms with Crippen LogP contribution in [0, 0.1) is 0 Å². The maximum atomic E-state index is 5.56. The van der Waals surface area contributed by atoms with Gasteiger partial charge in [-0.2, -0.15) is 0 Å². The Kier molecular flexibility index (Phi) is 2.21. The molecule has 1 saturated heterocycles. The molecule has 2 aliphatic rings. The SMILES string of the molecule is IC1=CCC2(CC1)OCCO2. The fraction of sp³-hybridized carbons (Fsp3) is 0.750. The van der Waals surface area contributed by atoms with E-state index in [-0.39, 0.29) is 5.79 Å². The predicted molar refractivity (Wildman–Crippen MR) is 50.6 cm³/mol. The molecule has 11 heavy (non-hydrogen) atoms. The summed E-state index contributed by atoms with van der Waals surface area (Å²) in [6, 6.07) is 0. The lowest BCUT2D eigenvalue weighted by molar-refractivity contribution is -0.160. The highest BCUT2D eigenvalue weighted by atomic mass is 127. The van der Waals surface area contributed by atoms with Crippen molar-refractivity contribution in [1.29, 1.82) is 0 Å². The number of rotatable bonds is 0. The van der Waals surface area contributed by atoms with Gasteiger partial charge in [-0.15, -0.1) is 0 Å². The van der Waals surface area contributed by atoms with Crippen molar-refractivity contribution in [3.8, 4) is 0 Å². The van der Waals surface area contributed by atoms with Crippen LogP contribution >= 0.6 is 22.6 Å². The van der Waals surface area contributed by atoms with Crippen molar-refractivity contribution in [2.75, 3.05) is 13.2 Å². The molecule has 1 fully saturated rings. The summed E-state index contributed by atoms with van der Waals surface area (Å²) in [7, 11) is 0. The Morgan fingerprint density at radius 2 is 2.09 bits per heavy atom. The van der Waals surface area contributed by atoms with Crippen molar-refractivity contribution in [3.63, 3.8) is 0 Å². The van der Waals surface area contributed by atoms with E-state index in [1.54, 1.807) is 0 Å². The van der Waals surface area contributed by atoms with Crippen molar-refractivity contribution < 1.29 is 9.47 Å². The molecule has 0 bridgehead atoms. The van der Waals surface area contributed by atoms with Crippen LogP contribution in [0.3, 0.4) is 0 Å². The average molecular weight is 266 g/mol.